The van der Waals surface area contributed by atoms with Crippen molar-refractivity contribution in [3.05, 3.63) is 35.4 Å². The van der Waals surface area contributed by atoms with Gasteiger partial charge in [-0.2, -0.15) is 0 Å². The van der Waals surface area contributed by atoms with Gasteiger partial charge in [-0.25, -0.2) is 0 Å². The molecular weight excluding hydrogens is 184 g/mol. The summed E-state index contributed by atoms with van der Waals surface area (Å²) in [5, 5.41) is 0. The second kappa shape index (κ2) is 4.77. The molecular formula is C13H20N2. The Balaban J connectivity index is 1.94. The maximum atomic E-state index is 5.72. The van der Waals surface area contributed by atoms with Crippen molar-refractivity contribution in [2.24, 2.45) is 11.7 Å². The van der Waals surface area contributed by atoms with Crippen molar-refractivity contribution in [3.8, 4) is 0 Å². The van der Waals surface area contributed by atoms with Crippen LogP contribution >= 0.6 is 0 Å². The molecule has 1 heterocycles. The normalized spacial score (nSPS) is 17.7. The van der Waals surface area contributed by atoms with Crippen LogP contribution in [0.2, 0.25) is 0 Å². The molecule has 2 N–H and O–H groups in total. The second-order valence-electron chi connectivity index (χ2n) is 4.44. The first-order valence-electron chi connectivity index (χ1n) is 5.82. The molecule has 1 aliphatic rings. The highest BCUT2D eigenvalue weighted by Crippen LogP contribution is 2.22. The number of nitrogens with two attached hydrogens (primary N) is 1. The van der Waals surface area contributed by atoms with Crippen LogP contribution in [0.25, 0.3) is 0 Å². The van der Waals surface area contributed by atoms with E-state index in [1.165, 1.54) is 30.6 Å². The van der Waals surface area contributed by atoms with Crippen LogP contribution in [0.15, 0.2) is 24.3 Å². The number of rotatable bonds is 4. The molecule has 0 unspecified atom stereocenters. The number of hydrogen-bond acceptors (Lipinski definition) is 2. The lowest BCUT2D eigenvalue weighted by Crippen LogP contribution is -2.45. The van der Waals surface area contributed by atoms with Gasteiger partial charge in [0.25, 0.3) is 0 Å². The van der Waals surface area contributed by atoms with Gasteiger partial charge < -0.3 is 5.73 Å². The third-order valence-corrected chi connectivity index (χ3v) is 3.34. The second-order valence-corrected chi connectivity index (χ2v) is 4.44. The van der Waals surface area contributed by atoms with Crippen LogP contribution in [0.1, 0.15) is 24.5 Å². The van der Waals surface area contributed by atoms with E-state index in [0.29, 0.717) is 6.54 Å². The van der Waals surface area contributed by atoms with Crippen LogP contribution in [0.3, 0.4) is 0 Å². The molecule has 2 nitrogen and oxygen atoms in total. The fraction of sp³-hybridized carbons (Fsp3) is 0.538. The molecule has 0 atom stereocenters. The average Bonchev–Trinajstić information content (AvgIpc) is 2.23. The topological polar surface area (TPSA) is 29.3 Å². The third-order valence-electron chi connectivity index (χ3n) is 3.34. The first kappa shape index (κ1) is 10.7. The fourth-order valence-electron chi connectivity index (χ4n) is 2.22. The number of likely N-dealkylation sites (tertiary alicyclic amines) is 1. The number of benzene rings is 1. The Morgan fingerprint density at radius 3 is 2.53 bits per heavy atom. The van der Waals surface area contributed by atoms with E-state index in [1.807, 2.05) is 0 Å². The Bertz CT molecular complexity index is 316. The zero-order valence-electron chi connectivity index (χ0n) is 9.45. The first-order valence-corrected chi connectivity index (χ1v) is 5.82. The van der Waals surface area contributed by atoms with Crippen LogP contribution in [-0.2, 0) is 13.1 Å². The first-order chi connectivity index (χ1) is 7.33. The van der Waals surface area contributed by atoms with Crippen molar-refractivity contribution in [1.29, 1.82) is 0 Å². The van der Waals surface area contributed by atoms with E-state index in [4.69, 9.17) is 5.73 Å². The molecule has 1 aromatic rings. The molecule has 0 bridgehead atoms. The van der Waals surface area contributed by atoms with Gasteiger partial charge in [-0.3, -0.25) is 4.90 Å². The van der Waals surface area contributed by atoms with Crippen molar-refractivity contribution in [3.63, 3.8) is 0 Å². The Kier molecular flexibility index (Phi) is 3.39. The van der Waals surface area contributed by atoms with Crippen molar-refractivity contribution in [1.82, 2.24) is 4.90 Å². The maximum absolute atomic E-state index is 5.72. The minimum atomic E-state index is 0.654. The Morgan fingerprint density at radius 1 is 1.27 bits per heavy atom. The monoisotopic (exact) mass is 204 g/mol. The lowest BCUT2D eigenvalue weighted by molar-refractivity contribution is 0.0896. The van der Waals surface area contributed by atoms with E-state index in [0.717, 1.165) is 12.5 Å². The summed E-state index contributed by atoms with van der Waals surface area (Å²) in [5.41, 5.74) is 8.41. The van der Waals surface area contributed by atoms with Crippen molar-refractivity contribution < 1.29 is 0 Å². The summed E-state index contributed by atoms with van der Waals surface area (Å²) < 4.78 is 0. The molecule has 2 heteroatoms. The zero-order chi connectivity index (χ0) is 10.7. The van der Waals surface area contributed by atoms with Gasteiger partial charge in [0.05, 0.1) is 0 Å². The van der Waals surface area contributed by atoms with E-state index in [-0.39, 0.29) is 0 Å². The van der Waals surface area contributed by atoms with Gasteiger partial charge in [0.2, 0.25) is 0 Å². The predicted molar refractivity (Wildman–Crippen MR) is 63.4 cm³/mol. The average molecular weight is 204 g/mol. The zero-order valence-corrected chi connectivity index (χ0v) is 9.45. The van der Waals surface area contributed by atoms with Gasteiger partial charge in [-0.15, -0.1) is 0 Å². The molecule has 1 fully saturated rings. The van der Waals surface area contributed by atoms with Crippen LogP contribution in [-0.4, -0.2) is 18.0 Å². The summed E-state index contributed by atoms with van der Waals surface area (Å²) in [7, 11) is 0. The van der Waals surface area contributed by atoms with Crippen LogP contribution in [0.5, 0.6) is 0 Å². The SMILES string of the molecule is CCC1CN(Cc2ccccc2CN)C1. The van der Waals surface area contributed by atoms with E-state index in [2.05, 4.69) is 36.1 Å². The third kappa shape index (κ3) is 2.39. The molecule has 1 saturated heterocycles. The standard InChI is InChI=1S/C13H20N2/c1-2-11-8-15(9-11)10-13-6-4-3-5-12(13)7-14/h3-6,11H,2,7-10,14H2,1H3. The summed E-state index contributed by atoms with van der Waals surface area (Å²) in [5.74, 6) is 0.926. The number of hydrogen-bond donors (Lipinski definition) is 1. The van der Waals surface area contributed by atoms with Gasteiger partial charge in [-0.05, 0) is 17.0 Å². The minimum Gasteiger partial charge on any atom is -0.326 e. The molecule has 0 spiro atoms. The molecule has 82 valence electrons. The largest absolute Gasteiger partial charge is 0.326 e. The fourth-order valence-corrected chi connectivity index (χ4v) is 2.22. The quantitative estimate of drug-likeness (QED) is 0.812. The van der Waals surface area contributed by atoms with Crippen LogP contribution in [0, 0.1) is 5.92 Å². The van der Waals surface area contributed by atoms with Gasteiger partial charge >= 0.3 is 0 Å². The summed E-state index contributed by atoms with van der Waals surface area (Å²) in [6.45, 7) is 6.52. The molecule has 0 aromatic heterocycles. The molecule has 2 rings (SSSR count). The van der Waals surface area contributed by atoms with E-state index < -0.39 is 0 Å². The Hall–Kier alpha value is -0.860. The summed E-state index contributed by atoms with van der Waals surface area (Å²) in [4.78, 5) is 2.50. The summed E-state index contributed by atoms with van der Waals surface area (Å²) in [6, 6.07) is 8.50. The molecule has 0 aliphatic carbocycles. The van der Waals surface area contributed by atoms with E-state index in [1.54, 1.807) is 0 Å². The Morgan fingerprint density at radius 2 is 1.93 bits per heavy atom. The van der Waals surface area contributed by atoms with E-state index in [9.17, 15) is 0 Å². The lowest BCUT2D eigenvalue weighted by Gasteiger charge is -2.39. The van der Waals surface area contributed by atoms with Gasteiger partial charge in [0, 0.05) is 26.2 Å². The molecule has 1 aliphatic heterocycles. The van der Waals surface area contributed by atoms with Crippen LogP contribution < -0.4 is 5.73 Å². The van der Waals surface area contributed by atoms with E-state index >= 15 is 0 Å². The Labute approximate surface area is 92.1 Å². The highest BCUT2D eigenvalue weighted by atomic mass is 15.2. The van der Waals surface area contributed by atoms with Gasteiger partial charge in [0.1, 0.15) is 0 Å². The minimum absolute atomic E-state index is 0.654. The summed E-state index contributed by atoms with van der Waals surface area (Å²) in [6.07, 6.45) is 1.31. The van der Waals surface area contributed by atoms with Crippen LogP contribution in [0.4, 0.5) is 0 Å². The van der Waals surface area contributed by atoms with Gasteiger partial charge in [-0.1, -0.05) is 37.6 Å². The van der Waals surface area contributed by atoms with Crippen molar-refractivity contribution in [2.45, 2.75) is 26.4 Å². The maximum Gasteiger partial charge on any atom is 0.0237 e. The highest BCUT2D eigenvalue weighted by molar-refractivity contribution is 5.27. The highest BCUT2D eigenvalue weighted by Gasteiger charge is 2.24. The van der Waals surface area contributed by atoms with Gasteiger partial charge in [0.15, 0.2) is 0 Å². The van der Waals surface area contributed by atoms with Crippen molar-refractivity contribution >= 4 is 0 Å². The lowest BCUT2D eigenvalue weighted by atomic mass is 9.96. The number of nitrogens with zero attached hydrogens (tertiary/aromatic N) is 1. The smallest absolute Gasteiger partial charge is 0.0237 e. The molecule has 0 saturated carbocycles. The molecule has 0 radical (unpaired) electrons. The summed E-state index contributed by atoms with van der Waals surface area (Å²) >= 11 is 0. The molecule has 0 amide bonds. The molecule has 15 heavy (non-hydrogen) atoms. The predicted octanol–water partition coefficient (Wildman–Crippen LogP) is 1.99. The molecule has 1 aromatic carbocycles. The van der Waals surface area contributed by atoms with Crippen molar-refractivity contribution in [2.75, 3.05) is 13.1 Å².